The van der Waals surface area contributed by atoms with Crippen LogP contribution in [-0.2, 0) is 6.42 Å². The molecular weight excluding hydrogens is 162 g/mol. The van der Waals surface area contributed by atoms with Crippen molar-refractivity contribution >= 4 is 11.9 Å². The normalized spacial score (nSPS) is 17.5. The van der Waals surface area contributed by atoms with Crippen LogP contribution >= 0.6 is 0 Å². The van der Waals surface area contributed by atoms with Gasteiger partial charge in [-0.05, 0) is 23.3 Å². The highest BCUT2D eigenvalue weighted by molar-refractivity contribution is 6.14. The molecule has 1 aliphatic carbocycles. The maximum Gasteiger partial charge on any atom is 0.0917 e. The maximum atomic E-state index is 7.76. The van der Waals surface area contributed by atoms with E-state index in [-0.39, 0.29) is 0 Å². The summed E-state index contributed by atoms with van der Waals surface area (Å²) in [5.74, 6) is 0. The molecule has 0 aliphatic heterocycles. The van der Waals surface area contributed by atoms with Crippen molar-refractivity contribution in [3.05, 3.63) is 41.2 Å². The van der Waals surface area contributed by atoms with E-state index in [9.17, 15) is 0 Å². The lowest BCUT2D eigenvalue weighted by atomic mass is 10.2. The Morgan fingerprint density at radius 1 is 1.46 bits per heavy atom. The van der Waals surface area contributed by atoms with Crippen LogP contribution in [0.4, 0.5) is 0 Å². The first-order valence-corrected chi connectivity index (χ1v) is 4.05. The smallest absolute Gasteiger partial charge is 0.0917 e. The van der Waals surface area contributed by atoms with Gasteiger partial charge >= 0.3 is 0 Å². The predicted molar refractivity (Wildman–Crippen MR) is 51.6 cm³/mol. The molecule has 0 saturated heterocycles. The van der Waals surface area contributed by atoms with Crippen LogP contribution in [0.2, 0.25) is 0 Å². The summed E-state index contributed by atoms with van der Waals surface area (Å²) in [5.41, 5.74) is 3.18. The molecule has 0 saturated carbocycles. The van der Waals surface area contributed by atoms with Gasteiger partial charge in [-0.3, -0.25) is 10.4 Å². The number of nitrogens with zero attached hydrogens (tertiary/aromatic N) is 1. The largest absolute Gasteiger partial charge is 0.309 e. The van der Waals surface area contributed by atoms with Gasteiger partial charge in [0, 0.05) is 18.8 Å². The Bertz CT molecular complexity index is 404. The molecule has 2 rings (SSSR count). The maximum absolute atomic E-state index is 7.76. The second kappa shape index (κ2) is 2.94. The lowest BCUT2D eigenvalue weighted by Gasteiger charge is -1.93. The number of hydrogen-bond donors (Lipinski definition) is 2. The molecule has 1 aliphatic rings. The average molecular weight is 171 g/mol. The van der Waals surface area contributed by atoms with Crippen molar-refractivity contribution in [2.24, 2.45) is 0 Å². The third kappa shape index (κ3) is 1.18. The minimum Gasteiger partial charge on any atom is -0.309 e. The second-order valence-corrected chi connectivity index (χ2v) is 2.92. The van der Waals surface area contributed by atoms with Crippen LogP contribution in [0, 0.1) is 10.8 Å². The second-order valence-electron chi connectivity index (χ2n) is 2.92. The Morgan fingerprint density at radius 3 is 3.00 bits per heavy atom. The third-order valence-electron chi connectivity index (χ3n) is 2.11. The summed E-state index contributed by atoms with van der Waals surface area (Å²) in [6.07, 6.45) is 5.30. The molecule has 3 heteroatoms. The summed E-state index contributed by atoms with van der Waals surface area (Å²) in [5, 5.41) is 14.7. The van der Waals surface area contributed by atoms with Crippen molar-refractivity contribution in [3.63, 3.8) is 0 Å². The van der Waals surface area contributed by atoms with Crippen LogP contribution in [0.3, 0.4) is 0 Å². The first kappa shape index (κ1) is 7.86. The van der Waals surface area contributed by atoms with Crippen LogP contribution in [-0.4, -0.2) is 16.9 Å². The highest BCUT2D eigenvalue weighted by Crippen LogP contribution is 2.23. The van der Waals surface area contributed by atoms with E-state index in [1.54, 1.807) is 12.3 Å². The van der Waals surface area contributed by atoms with E-state index >= 15 is 0 Å². The van der Waals surface area contributed by atoms with Crippen molar-refractivity contribution in [2.45, 2.75) is 6.42 Å². The van der Waals surface area contributed by atoms with E-state index in [0.717, 1.165) is 23.3 Å². The lowest BCUT2D eigenvalue weighted by molar-refractivity contribution is 1.21. The fourth-order valence-electron chi connectivity index (χ4n) is 1.49. The molecule has 0 fully saturated rings. The molecule has 1 aromatic heterocycles. The molecule has 0 spiro atoms. The molecule has 0 bridgehead atoms. The zero-order valence-corrected chi connectivity index (χ0v) is 7.04. The minimum atomic E-state index is 0.458. The van der Waals surface area contributed by atoms with E-state index in [1.165, 1.54) is 6.21 Å². The standard InChI is InChI=1S/C10H9N3/c11-4-3-7-6-8-2-1-5-13-10(8)9(7)12/h1-5,11-12H,6H2/b7-3-,11-4?,12-9?. The summed E-state index contributed by atoms with van der Waals surface area (Å²) < 4.78 is 0. The molecule has 2 N–H and O–H groups in total. The Kier molecular flexibility index (Phi) is 1.77. The van der Waals surface area contributed by atoms with Crippen LogP contribution in [0.1, 0.15) is 11.3 Å². The number of fused-ring (bicyclic) bond motifs is 1. The molecule has 1 heterocycles. The van der Waals surface area contributed by atoms with Gasteiger partial charge in [0.25, 0.3) is 0 Å². The number of allylic oxidation sites excluding steroid dienone is 2. The van der Waals surface area contributed by atoms with Crippen molar-refractivity contribution < 1.29 is 0 Å². The van der Waals surface area contributed by atoms with Crippen LogP contribution < -0.4 is 0 Å². The van der Waals surface area contributed by atoms with Crippen LogP contribution in [0.5, 0.6) is 0 Å². The van der Waals surface area contributed by atoms with Crippen molar-refractivity contribution in [1.29, 1.82) is 10.8 Å². The van der Waals surface area contributed by atoms with Crippen molar-refractivity contribution in [3.8, 4) is 0 Å². The zero-order valence-electron chi connectivity index (χ0n) is 7.04. The van der Waals surface area contributed by atoms with Gasteiger partial charge in [-0.15, -0.1) is 0 Å². The van der Waals surface area contributed by atoms with E-state index in [4.69, 9.17) is 10.8 Å². The summed E-state index contributed by atoms with van der Waals surface area (Å²) in [7, 11) is 0. The monoisotopic (exact) mass is 171 g/mol. The number of pyridine rings is 1. The highest BCUT2D eigenvalue weighted by atomic mass is 14.7. The predicted octanol–water partition coefficient (Wildman–Crippen LogP) is 1.58. The lowest BCUT2D eigenvalue weighted by Crippen LogP contribution is -1.97. The molecule has 1 aromatic rings. The topological polar surface area (TPSA) is 60.6 Å². The number of hydrogen-bond acceptors (Lipinski definition) is 3. The number of aromatic nitrogens is 1. The van der Waals surface area contributed by atoms with Crippen LogP contribution in [0.15, 0.2) is 30.0 Å². The van der Waals surface area contributed by atoms with Gasteiger partial charge in [0.1, 0.15) is 0 Å². The summed E-state index contributed by atoms with van der Waals surface area (Å²) in [6, 6.07) is 3.85. The number of rotatable bonds is 1. The van der Waals surface area contributed by atoms with Crippen molar-refractivity contribution in [1.82, 2.24) is 4.98 Å². The highest BCUT2D eigenvalue weighted by Gasteiger charge is 2.21. The van der Waals surface area contributed by atoms with Crippen LogP contribution in [0.25, 0.3) is 0 Å². The van der Waals surface area contributed by atoms with Gasteiger partial charge in [0.05, 0.1) is 11.4 Å². The Morgan fingerprint density at radius 2 is 2.31 bits per heavy atom. The zero-order chi connectivity index (χ0) is 9.26. The van der Waals surface area contributed by atoms with Crippen molar-refractivity contribution in [2.75, 3.05) is 0 Å². The fourth-order valence-corrected chi connectivity index (χ4v) is 1.49. The fraction of sp³-hybridized carbons (Fsp3) is 0.100. The third-order valence-corrected chi connectivity index (χ3v) is 2.11. The molecule has 0 radical (unpaired) electrons. The average Bonchev–Trinajstić information content (AvgIpc) is 2.46. The van der Waals surface area contributed by atoms with E-state index in [2.05, 4.69) is 4.98 Å². The quantitative estimate of drug-likeness (QED) is 0.619. The molecule has 0 atom stereocenters. The first-order chi connectivity index (χ1) is 6.33. The van der Waals surface area contributed by atoms with Gasteiger partial charge in [-0.2, -0.15) is 0 Å². The molecule has 0 amide bonds. The first-order valence-electron chi connectivity index (χ1n) is 4.05. The molecule has 13 heavy (non-hydrogen) atoms. The van der Waals surface area contributed by atoms with Gasteiger partial charge in [0.2, 0.25) is 0 Å². The van der Waals surface area contributed by atoms with Gasteiger partial charge in [-0.25, -0.2) is 0 Å². The van der Waals surface area contributed by atoms with Gasteiger partial charge in [-0.1, -0.05) is 6.07 Å². The summed E-state index contributed by atoms with van der Waals surface area (Å²) in [4.78, 5) is 4.13. The van der Waals surface area contributed by atoms with Gasteiger partial charge in [0.15, 0.2) is 0 Å². The number of nitrogens with one attached hydrogen (secondary N) is 2. The minimum absolute atomic E-state index is 0.458. The van der Waals surface area contributed by atoms with E-state index < -0.39 is 0 Å². The van der Waals surface area contributed by atoms with E-state index in [0.29, 0.717) is 5.71 Å². The Balaban J connectivity index is 2.49. The Labute approximate surface area is 76.2 Å². The summed E-state index contributed by atoms with van der Waals surface area (Å²) in [6.45, 7) is 0. The molecule has 3 nitrogen and oxygen atoms in total. The Hall–Kier alpha value is -1.77. The molecule has 0 aromatic carbocycles. The van der Waals surface area contributed by atoms with E-state index in [1.807, 2.05) is 12.1 Å². The molecular formula is C10H9N3. The SMILES string of the molecule is N=C/C=C1/Cc2cccnc2C1=N. The molecule has 64 valence electrons. The summed E-state index contributed by atoms with van der Waals surface area (Å²) >= 11 is 0. The van der Waals surface area contributed by atoms with Gasteiger partial charge < -0.3 is 5.41 Å². The molecule has 0 unspecified atom stereocenters.